The largest absolute Gasteiger partial charge is 0.311 e. The van der Waals surface area contributed by atoms with Crippen molar-refractivity contribution in [2.45, 2.75) is 71.0 Å². The summed E-state index contributed by atoms with van der Waals surface area (Å²) in [5.41, 5.74) is 1.45. The van der Waals surface area contributed by atoms with Crippen LogP contribution in [0.3, 0.4) is 0 Å². The lowest BCUT2D eigenvalue weighted by molar-refractivity contribution is 0.0714. The summed E-state index contributed by atoms with van der Waals surface area (Å²) in [4.78, 5) is 2.80. The molecule has 0 spiro atoms. The van der Waals surface area contributed by atoms with Gasteiger partial charge in [0.05, 0.1) is 0 Å². The van der Waals surface area contributed by atoms with Crippen LogP contribution in [0.25, 0.3) is 0 Å². The molecule has 1 fully saturated rings. The fraction of sp³-hybridized carbons (Fsp3) is 0.684. The maximum absolute atomic E-state index is 3.78. The van der Waals surface area contributed by atoms with Crippen LogP contribution in [-0.2, 0) is 6.42 Å². The molecule has 0 bridgehead atoms. The monoisotopic (exact) mass is 288 g/mol. The van der Waals surface area contributed by atoms with Gasteiger partial charge in [0, 0.05) is 31.2 Å². The van der Waals surface area contributed by atoms with Gasteiger partial charge < -0.3 is 5.32 Å². The first-order chi connectivity index (χ1) is 10.3. The highest BCUT2D eigenvalue weighted by Gasteiger charge is 2.30. The molecule has 1 saturated heterocycles. The van der Waals surface area contributed by atoms with Gasteiger partial charge in [-0.15, -0.1) is 0 Å². The molecule has 1 aromatic rings. The summed E-state index contributed by atoms with van der Waals surface area (Å²) in [6.07, 6.45) is 6.32. The molecule has 0 saturated carbocycles. The minimum atomic E-state index is 0.598. The molecule has 21 heavy (non-hydrogen) atoms. The van der Waals surface area contributed by atoms with E-state index in [1.54, 1.807) is 0 Å². The van der Waals surface area contributed by atoms with E-state index >= 15 is 0 Å². The Labute approximate surface area is 130 Å². The van der Waals surface area contributed by atoms with Crippen LogP contribution in [0.5, 0.6) is 0 Å². The summed E-state index contributed by atoms with van der Waals surface area (Å²) in [5, 5.41) is 3.78. The molecule has 1 N–H and O–H groups in total. The molecule has 118 valence electrons. The summed E-state index contributed by atoms with van der Waals surface area (Å²) in [7, 11) is 0. The van der Waals surface area contributed by atoms with Gasteiger partial charge in [-0.1, -0.05) is 57.5 Å². The molecule has 2 rings (SSSR count). The van der Waals surface area contributed by atoms with Crippen LogP contribution >= 0.6 is 0 Å². The second kappa shape index (κ2) is 8.55. The third kappa shape index (κ3) is 4.55. The molecule has 1 heterocycles. The third-order valence-corrected chi connectivity index (χ3v) is 4.90. The van der Waals surface area contributed by atoms with Gasteiger partial charge in [0.25, 0.3) is 0 Å². The lowest BCUT2D eigenvalue weighted by atomic mass is 9.96. The Morgan fingerprint density at radius 3 is 2.57 bits per heavy atom. The highest BCUT2D eigenvalue weighted by Crippen LogP contribution is 2.21. The fourth-order valence-electron chi connectivity index (χ4n) is 3.69. The van der Waals surface area contributed by atoms with Crippen LogP contribution in [0.15, 0.2) is 30.3 Å². The molecule has 3 atom stereocenters. The summed E-state index contributed by atoms with van der Waals surface area (Å²) in [5.74, 6) is 0. The van der Waals surface area contributed by atoms with Gasteiger partial charge in [-0.3, -0.25) is 4.90 Å². The van der Waals surface area contributed by atoms with Crippen LogP contribution in [0.1, 0.15) is 52.0 Å². The summed E-state index contributed by atoms with van der Waals surface area (Å²) >= 11 is 0. The van der Waals surface area contributed by atoms with E-state index in [1.165, 1.54) is 37.8 Å². The number of piperazine rings is 1. The molecular weight excluding hydrogens is 256 g/mol. The number of nitrogens with one attached hydrogen (secondary N) is 1. The maximum atomic E-state index is 3.78. The van der Waals surface area contributed by atoms with Crippen molar-refractivity contribution in [2.24, 2.45) is 0 Å². The Bertz CT molecular complexity index is 390. The zero-order valence-electron chi connectivity index (χ0n) is 14.0. The maximum Gasteiger partial charge on any atom is 0.0236 e. The molecule has 2 heteroatoms. The zero-order chi connectivity index (χ0) is 15.1. The summed E-state index contributed by atoms with van der Waals surface area (Å²) in [6, 6.07) is 13.0. The molecule has 0 aliphatic carbocycles. The summed E-state index contributed by atoms with van der Waals surface area (Å²) in [6.45, 7) is 9.34. The quantitative estimate of drug-likeness (QED) is 0.819. The Hall–Kier alpha value is -0.860. The molecule has 0 amide bonds. The van der Waals surface area contributed by atoms with E-state index < -0.39 is 0 Å². The number of nitrogens with zero attached hydrogens (tertiary/aromatic N) is 1. The van der Waals surface area contributed by atoms with E-state index in [1.807, 2.05) is 0 Å². The number of rotatable bonds is 7. The standard InChI is InChI=1S/C19H32N2/c1-4-10-18(5-2)21-15-17(20-14-19(21)6-3)13-16-11-8-7-9-12-16/h7-9,11-12,17-20H,4-6,10,13-15H2,1-3H3. The second-order valence-corrected chi connectivity index (χ2v) is 6.40. The lowest BCUT2D eigenvalue weighted by Gasteiger charge is -2.44. The molecule has 1 aliphatic rings. The van der Waals surface area contributed by atoms with E-state index in [4.69, 9.17) is 0 Å². The highest BCUT2D eigenvalue weighted by molar-refractivity contribution is 5.16. The van der Waals surface area contributed by atoms with Gasteiger partial charge >= 0.3 is 0 Å². The van der Waals surface area contributed by atoms with Crippen molar-refractivity contribution in [2.75, 3.05) is 13.1 Å². The van der Waals surface area contributed by atoms with E-state index in [9.17, 15) is 0 Å². The molecule has 0 radical (unpaired) electrons. The predicted molar refractivity (Wildman–Crippen MR) is 91.7 cm³/mol. The van der Waals surface area contributed by atoms with Crippen molar-refractivity contribution in [1.82, 2.24) is 10.2 Å². The molecular formula is C19H32N2. The van der Waals surface area contributed by atoms with Crippen LogP contribution in [0.2, 0.25) is 0 Å². The topological polar surface area (TPSA) is 15.3 Å². The first-order valence-electron chi connectivity index (χ1n) is 8.81. The van der Waals surface area contributed by atoms with Crippen LogP contribution in [0, 0.1) is 0 Å². The van der Waals surface area contributed by atoms with E-state index in [-0.39, 0.29) is 0 Å². The van der Waals surface area contributed by atoms with Crippen LogP contribution < -0.4 is 5.32 Å². The number of hydrogen-bond donors (Lipinski definition) is 1. The fourth-order valence-corrected chi connectivity index (χ4v) is 3.69. The molecule has 0 aromatic heterocycles. The van der Waals surface area contributed by atoms with Crippen molar-refractivity contribution >= 4 is 0 Å². The normalized spacial score (nSPS) is 24.9. The van der Waals surface area contributed by atoms with Crippen molar-refractivity contribution in [3.05, 3.63) is 35.9 Å². The number of hydrogen-bond acceptors (Lipinski definition) is 2. The van der Waals surface area contributed by atoms with Gasteiger partial charge in [0.1, 0.15) is 0 Å². The van der Waals surface area contributed by atoms with Crippen molar-refractivity contribution < 1.29 is 0 Å². The van der Waals surface area contributed by atoms with Crippen molar-refractivity contribution in [3.63, 3.8) is 0 Å². The van der Waals surface area contributed by atoms with Crippen LogP contribution in [0.4, 0.5) is 0 Å². The molecule has 1 aromatic carbocycles. The Balaban J connectivity index is 2.00. The number of benzene rings is 1. The molecule has 1 aliphatic heterocycles. The smallest absolute Gasteiger partial charge is 0.0236 e. The Morgan fingerprint density at radius 1 is 1.19 bits per heavy atom. The third-order valence-electron chi connectivity index (χ3n) is 4.90. The predicted octanol–water partition coefficient (Wildman–Crippen LogP) is 3.86. The van der Waals surface area contributed by atoms with Gasteiger partial charge in [-0.05, 0) is 31.2 Å². The van der Waals surface area contributed by atoms with E-state index in [2.05, 4.69) is 61.3 Å². The zero-order valence-corrected chi connectivity index (χ0v) is 14.0. The lowest BCUT2D eigenvalue weighted by Crippen LogP contribution is -2.59. The first-order valence-corrected chi connectivity index (χ1v) is 8.81. The van der Waals surface area contributed by atoms with E-state index in [0.717, 1.165) is 19.0 Å². The van der Waals surface area contributed by atoms with Crippen molar-refractivity contribution in [1.29, 1.82) is 0 Å². The Morgan fingerprint density at radius 2 is 1.95 bits per heavy atom. The van der Waals surface area contributed by atoms with Gasteiger partial charge in [-0.2, -0.15) is 0 Å². The average molecular weight is 288 g/mol. The molecule has 2 nitrogen and oxygen atoms in total. The van der Waals surface area contributed by atoms with Gasteiger partial charge in [0.2, 0.25) is 0 Å². The minimum absolute atomic E-state index is 0.598. The first kappa shape index (κ1) is 16.5. The van der Waals surface area contributed by atoms with Crippen molar-refractivity contribution in [3.8, 4) is 0 Å². The Kier molecular flexibility index (Phi) is 6.72. The average Bonchev–Trinajstić information content (AvgIpc) is 2.53. The minimum Gasteiger partial charge on any atom is -0.311 e. The SMILES string of the molecule is CCCC(CC)N1CC(Cc2ccccc2)NCC1CC. The van der Waals surface area contributed by atoms with Gasteiger partial charge in [0.15, 0.2) is 0 Å². The van der Waals surface area contributed by atoms with Crippen LogP contribution in [-0.4, -0.2) is 36.1 Å². The molecule has 3 unspecified atom stereocenters. The highest BCUT2D eigenvalue weighted by atomic mass is 15.3. The van der Waals surface area contributed by atoms with E-state index in [0.29, 0.717) is 12.1 Å². The second-order valence-electron chi connectivity index (χ2n) is 6.40. The summed E-state index contributed by atoms with van der Waals surface area (Å²) < 4.78 is 0. The van der Waals surface area contributed by atoms with Gasteiger partial charge in [-0.25, -0.2) is 0 Å².